The first-order chi connectivity index (χ1) is 18.9. The summed E-state index contributed by atoms with van der Waals surface area (Å²) in [6.45, 7) is 35.2. The molecule has 0 saturated carbocycles. The largest absolute Gasteiger partial charge is 0.324 e. The minimum Gasteiger partial charge on any atom is -0.324 e. The molecule has 0 amide bonds. The molecular weight excluding hydrogens is 474 g/mol. The summed E-state index contributed by atoms with van der Waals surface area (Å²) >= 11 is 0. The molecule has 3 heteroatoms. The van der Waals surface area contributed by atoms with Crippen LogP contribution in [0.25, 0.3) is 0 Å². The van der Waals surface area contributed by atoms with Crippen molar-refractivity contribution in [2.45, 2.75) is 158 Å². The molecule has 0 aliphatic carbocycles. The summed E-state index contributed by atoms with van der Waals surface area (Å²) in [6, 6.07) is 0. The highest BCUT2D eigenvalue weighted by atomic mass is 15.3. The number of hydrogen-bond acceptors (Lipinski definition) is 0. The third-order valence-corrected chi connectivity index (χ3v) is 11.4. The van der Waals surface area contributed by atoms with Gasteiger partial charge in [0.15, 0.2) is 0 Å². The molecule has 0 aromatic heterocycles. The lowest BCUT2D eigenvalue weighted by Gasteiger charge is -2.37. The van der Waals surface area contributed by atoms with Gasteiger partial charge in [-0.25, -0.2) is 0 Å². The van der Waals surface area contributed by atoms with Gasteiger partial charge in [0.05, 0.1) is 78.5 Å². The quantitative estimate of drug-likeness (QED) is 0.0612. The van der Waals surface area contributed by atoms with E-state index < -0.39 is 0 Å². The second-order valence-electron chi connectivity index (χ2n) is 13.1. The van der Waals surface area contributed by atoms with Crippen molar-refractivity contribution in [2.24, 2.45) is 0 Å². The fourth-order valence-corrected chi connectivity index (χ4v) is 7.17. The summed E-state index contributed by atoms with van der Waals surface area (Å²) in [4.78, 5) is 0. The topological polar surface area (TPSA) is 0 Å². The molecule has 0 aromatic carbocycles. The van der Waals surface area contributed by atoms with E-state index in [2.05, 4.69) is 55.4 Å². The maximum Gasteiger partial charge on any atom is 0.0786 e. The van der Waals surface area contributed by atoms with Crippen LogP contribution in [0.2, 0.25) is 0 Å². The lowest BCUT2D eigenvalue weighted by atomic mass is 10.1. The molecule has 0 saturated heterocycles. The van der Waals surface area contributed by atoms with Gasteiger partial charge in [-0.3, -0.25) is 0 Å². The van der Waals surface area contributed by atoms with E-state index in [4.69, 9.17) is 0 Å². The van der Waals surface area contributed by atoms with Gasteiger partial charge in [0.1, 0.15) is 0 Å². The molecule has 0 aliphatic rings. The van der Waals surface area contributed by atoms with E-state index in [0.29, 0.717) is 0 Å². The van der Waals surface area contributed by atoms with Gasteiger partial charge >= 0.3 is 0 Å². The Kier molecular flexibility index (Phi) is 24.4. The van der Waals surface area contributed by atoms with Crippen molar-refractivity contribution in [2.75, 3.05) is 78.5 Å². The van der Waals surface area contributed by atoms with Crippen molar-refractivity contribution in [3.63, 3.8) is 0 Å². The molecule has 0 rings (SSSR count). The zero-order valence-corrected chi connectivity index (χ0v) is 29.1. The molecule has 0 aliphatic heterocycles. The van der Waals surface area contributed by atoms with Crippen molar-refractivity contribution in [1.82, 2.24) is 0 Å². The Morgan fingerprint density at radius 2 is 0.359 bits per heavy atom. The summed E-state index contributed by atoms with van der Waals surface area (Å²) in [5, 5.41) is 0. The fourth-order valence-electron chi connectivity index (χ4n) is 7.17. The van der Waals surface area contributed by atoms with E-state index in [9.17, 15) is 0 Å². The highest BCUT2D eigenvalue weighted by Gasteiger charge is 2.22. The van der Waals surface area contributed by atoms with Crippen LogP contribution in [0.4, 0.5) is 0 Å². The summed E-state index contributed by atoms with van der Waals surface area (Å²) in [5.41, 5.74) is 0. The first-order valence-corrected chi connectivity index (χ1v) is 18.5. The number of quaternary nitrogens is 3. The highest BCUT2D eigenvalue weighted by molar-refractivity contribution is 4.52. The molecule has 236 valence electrons. The van der Waals surface area contributed by atoms with Crippen molar-refractivity contribution in [3.8, 4) is 0 Å². The van der Waals surface area contributed by atoms with Gasteiger partial charge in [-0.15, -0.1) is 0 Å². The first kappa shape index (κ1) is 38.9. The van der Waals surface area contributed by atoms with E-state index in [-0.39, 0.29) is 0 Å². The summed E-state index contributed by atoms with van der Waals surface area (Å²) in [7, 11) is 0. The molecule has 0 fully saturated rings. The van der Waals surface area contributed by atoms with Gasteiger partial charge in [0.25, 0.3) is 0 Å². The van der Waals surface area contributed by atoms with Crippen molar-refractivity contribution in [1.29, 1.82) is 0 Å². The Morgan fingerprint density at radius 1 is 0.205 bits per heavy atom. The molecule has 3 nitrogen and oxygen atoms in total. The molecule has 0 aromatic rings. The minimum absolute atomic E-state index is 1.31. The zero-order valence-electron chi connectivity index (χ0n) is 29.1. The SMILES string of the molecule is CC[N+](CC)(CC)CCCCCCCCCC[N+](CC)(CC)CCCCCCCCCC[N+](CC)(CC)CC. The second kappa shape index (κ2) is 24.5. The standard InChI is InChI=1S/C36H80N3/c1-9-37(10-2,11-3)33-29-25-21-17-19-23-27-31-35-39(15-7,16-8)36-32-28-24-20-18-22-26-30-34-38(12-4,13-5)14-6/h9-36H2,1-8H3/q+3. The smallest absolute Gasteiger partial charge is 0.0786 e. The maximum atomic E-state index is 2.44. The summed E-state index contributed by atoms with van der Waals surface area (Å²) in [5.74, 6) is 0. The van der Waals surface area contributed by atoms with E-state index in [1.54, 1.807) is 0 Å². The van der Waals surface area contributed by atoms with Crippen molar-refractivity contribution in [3.05, 3.63) is 0 Å². The molecule has 0 atom stereocenters. The van der Waals surface area contributed by atoms with Crippen LogP contribution in [0.3, 0.4) is 0 Å². The van der Waals surface area contributed by atoms with Crippen molar-refractivity contribution < 1.29 is 13.4 Å². The number of rotatable bonds is 30. The van der Waals surface area contributed by atoms with Crippen LogP contribution < -0.4 is 0 Å². The Bertz CT molecular complexity index is 447. The average molecular weight is 555 g/mol. The predicted molar refractivity (Wildman–Crippen MR) is 178 cm³/mol. The van der Waals surface area contributed by atoms with E-state index in [1.807, 2.05) is 0 Å². The molecule has 0 spiro atoms. The third-order valence-electron chi connectivity index (χ3n) is 11.4. The molecule has 0 radical (unpaired) electrons. The minimum atomic E-state index is 1.31. The van der Waals surface area contributed by atoms with Crippen LogP contribution in [0, 0.1) is 0 Å². The molecule has 0 bridgehead atoms. The molecule has 39 heavy (non-hydrogen) atoms. The number of unbranched alkanes of at least 4 members (excludes halogenated alkanes) is 14. The average Bonchev–Trinajstić information content (AvgIpc) is 2.98. The van der Waals surface area contributed by atoms with Gasteiger partial charge in [-0.05, 0) is 107 Å². The summed E-state index contributed by atoms with van der Waals surface area (Å²) in [6.07, 6.45) is 23.2. The van der Waals surface area contributed by atoms with Crippen LogP contribution in [0.15, 0.2) is 0 Å². The lowest BCUT2D eigenvalue weighted by molar-refractivity contribution is -0.925. The zero-order chi connectivity index (χ0) is 29.3. The molecular formula is C36H80N3+3. The van der Waals surface area contributed by atoms with Crippen LogP contribution in [0.5, 0.6) is 0 Å². The van der Waals surface area contributed by atoms with Crippen LogP contribution in [0.1, 0.15) is 158 Å². The molecule has 0 heterocycles. The highest BCUT2D eigenvalue weighted by Crippen LogP contribution is 2.17. The van der Waals surface area contributed by atoms with Gasteiger partial charge in [0, 0.05) is 0 Å². The van der Waals surface area contributed by atoms with Gasteiger partial charge in [-0.1, -0.05) is 51.4 Å². The van der Waals surface area contributed by atoms with Crippen LogP contribution in [-0.2, 0) is 0 Å². The van der Waals surface area contributed by atoms with E-state index in [1.165, 1.54) is 195 Å². The van der Waals surface area contributed by atoms with Gasteiger partial charge < -0.3 is 13.4 Å². The number of nitrogens with zero attached hydrogens (tertiary/aromatic N) is 3. The lowest BCUT2D eigenvalue weighted by Crippen LogP contribution is -2.49. The Balaban J connectivity index is 3.84. The predicted octanol–water partition coefficient (Wildman–Crippen LogP) is 9.84. The Hall–Kier alpha value is -0.120. The van der Waals surface area contributed by atoms with Crippen LogP contribution >= 0.6 is 0 Å². The normalized spacial score (nSPS) is 12.9. The van der Waals surface area contributed by atoms with Gasteiger partial charge in [-0.2, -0.15) is 0 Å². The second-order valence-corrected chi connectivity index (χ2v) is 13.1. The van der Waals surface area contributed by atoms with Crippen LogP contribution in [-0.4, -0.2) is 92.0 Å². The monoisotopic (exact) mass is 555 g/mol. The number of hydrogen-bond donors (Lipinski definition) is 0. The molecule has 0 N–H and O–H groups in total. The van der Waals surface area contributed by atoms with E-state index in [0.717, 1.165) is 0 Å². The fraction of sp³-hybridized carbons (Fsp3) is 1.00. The maximum absolute atomic E-state index is 2.44. The molecule has 0 unspecified atom stereocenters. The van der Waals surface area contributed by atoms with Gasteiger partial charge in [0.2, 0.25) is 0 Å². The Morgan fingerprint density at radius 3 is 0.538 bits per heavy atom. The Labute approximate surface area is 249 Å². The third kappa shape index (κ3) is 16.8. The summed E-state index contributed by atoms with van der Waals surface area (Å²) < 4.78 is 4.03. The first-order valence-electron chi connectivity index (χ1n) is 18.5. The van der Waals surface area contributed by atoms with E-state index >= 15 is 0 Å². The van der Waals surface area contributed by atoms with Crippen molar-refractivity contribution >= 4 is 0 Å².